The zero-order valence-corrected chi connectivity index (χ0v) is 11.4. The second kappa shape index (κ2) is 5.89. The molecule has 0 bridgehead atoms. The molecule has 1 atom stereocenters. The number of carbonyl (C=O) groups is 1. The van der Waals surface area contributed by atoms with Gasteiger partial charge in [0.15, 0.2) is 0 Å². The third kappa shape index (κ3) is 2.96. The van der Waals surface area contributed by atoms with Crippen molar-refractivity contribution >= 4 is 23.3 Å². The molecule has 1 N–H and O–H groups in total. The third-order valence-corrected chi connectivity index (χ3v) is 3.45. The van der Waals surface area contributed by atoms with Crippen LogP contribution in [0, 0.1) is 11.3 Å². The van der Waals surface area contributed by atoms with Gasteiger partial charge in [0.1, 0.15) is 17.0 Å². The molecule has 2 rings (SSSR count). The van der Waals surface area contributed by atoms with Gasteiger partial charge in [-0.05, 0) is 31.4 Å². The smallest absolute Gasteiger partial charge is 0.242 e. The van der Waals surface area contributed by atoms with Crippen molar-refractivity contribution in [1.29, 1.82) is 5.26 Å². The van der Waals surface area contributed by atoms with E-state index < -0.39 is 0 Å². The summed E-state index contributed by atoms with van der Waals surface area (Å²) in [6, 6.07) is 5.01. The fourth-order valence-corrected chi connectivity index (χ4v) is 2.54. The lowest BCUT2D eigenvalue weighted by atomic mass is 10.0. The maximum Gasteiger partial charge on any atom is 0.242 e. The second-order valence-corrected chi connectivity index (χ2v) is 4.86. The minimum Gasteiger partial charge on any atom is -0.357 e. The van der Waals surface area contributed by atoms with Crippen molar-refractivity contribution in [2.45, 2.75) is 25.3 Å². The summed E-state index contributed by atoms with van der Waals surface area (Å²) in [6.45, 7) is 0.746. The lowest BCUT2D eigenvalue weighted by Gasteiger charge is -2.35. The molecule has 2 heterocycles. The third-order valence-electron chi connectivity index (χ3n) is 3.26. The zero-order chi connectivity index (χ0) is 13.8. The van der Waals surface area contributed by atoms with Crippen LogP contribution in [-0.4, -0.2) is 30.5 Å². The molecule has 0 saturated carbocycles. The number of hydrogen-bond donors (Lipinski definition) is 1. The Morgan fingerprint density at radius 1 is 1.58 bits per heavy atom. The number of piperidine rings is 1. The molecule has 1 aromatic rings. The van der Waals surface area contributed by atoms with E-state index in [1.165, 1.54) is 6.07 Å². The van der Waals surface area contributed by atoms with Gasteiger partial charge in [0.05, 0.1) is 11.6 Å². The summed E-state index contributed by atoms with van der Waals surface area (Å²) in [5.41, 5.74) is 0.455. The number of carbonyl (C=O) groups excluding carboxylic acids is 1. The number of nitrogens with one attached hydrogen (secondary N) is 1. The summed E-state index contributed by atoms with van der Waals surface area (Å²) in [4.78, 5) is 18.1. The molecular formula is C13H15ClN4O. The van der Waals surface area contributed by atoms with Crippen molar-refractivity contribution in [3.05, 3.63) is 22.8 Å². The topological polar surface area (TPSA) is 69.0 Å². The van der Waals surface area contributed by atoms with Gasteiger partial charge in [0.2, 0.25) is 5.91 Å². The largest absolute Gasteiger partial charge is 0.357 e. The molecule has 1 amide bonds. The van der Waals surface area contributed by atoms with Gasteiger partial charge < -0.3 is 10.2 Å². The maximum atomic E-state index is 11.9. The van der Waals surface area contributed by atoms with Crippen LogP contribution in [0.25, 0.3) is 0 Å². The van der Waals surface area contributed by atoms with Crippen LogP contribution >= 0.6 is 11.6 Å². The Kier molecular flexibility index (Phi) is 4.23. The van der Waals surface area contributed by atoms with Gasteiger partial charge >= 0.3 is 0 Å². The van der Waals surface area contributed by atoms with Gasteiger partial charge in [-0.25, -0.2) is 4.98 Å². The summed E-state index contributed by atoms with van der Waals surface area (Å²) in [5, 5.41) is 11.9. The lowest BCUT2D eigenvalue weighted by molar-refractivity contribution is -0.122. The van der Waals surface area contributed by atoms with E-state index in [9.17, 15) is 4.79 Å². The van der Waals surface area contributed by atoms with E-state index in [-0.39, 0.29) is 17.1 Å². The first-order valence-electron chi connectivity index (χ1n) is 6.21. The van der Waals surface area contributed by atoms with Crippen LogP contribution in [-0.2, 0) is 4.79 Å². The number of nitriles is 1. The Morgan fingerprint density at radius 2 is 2.37 bits per heavy atom. The van der Waals surface area contributed by atoms with Gasteiger partial charge in [0.25, 0.3) is 0 Å². The normalized spacial score (nSPS) is 18.8. The highest BCUT2D eigenvalue weighted by atomic mass is 35.5. The van der Waals surface area contributed by atoms with E-state index >= 15 is 0 Å². The van der Waals surface area contributed by atoms with Crippen molar-refractivity contribution in [3.63, 3.8) is 0 Å². The number of halogens is 1. The minimum atomic E-state index is -0.240. The second-order valence-electron chi connectivity index (χ2n) is 4.47. The molecule has 0 spiro atoms. The fourth-order valence-electron chi connectivity index (χ4n) is 2.34. The van der Waals surface area contributed by atoms with Crippen LogP contribution in [0.1, 0.15) is 24.8 Å². The summed E-state index contributed by atoms with van der Waals surface area (Å²) in [7, 11) is 1.63. The molecule has 6 heteroatoms. The van der Waals surface area contributed by atoms with Gasteiger partial charge in [-0.1, -0.05) is 11.6 Å². The first kappa shape index (κ1) is 13.6. The molecule has 1 aliphatic rings. The highest BCUT2D eigenvalue weighted by molar-refractivity contribution is 6.29. The SMILES string of the molecule is CNC(=O)C1CCCCN1c1cc(C#N)cc(Cl)n1. The van der Waals surface area contributed by atoms with Gasteiger partial charge in [-0.15, -0.1) is 0 Å². The van der Waals surface area contributed by atoms with Crippen LogP contribution in [0.5, 0.6) is 0 Å². The van der Waals surface area contributed by atoms with E-state index in [4.69, 9.17) is 16.9 Å². The number of pyridine rings is 1. The minimum absolute atomic E-state index is 0.0278. The lowest BCUT2D eigenvalue weighted by Crippen LogP contribution is -2.49. The molecule has 100 valence electrons. The van der Waals surface area contributed by atoms with Crippen molar-refractivity contribution in [3.8, 4) is 6.07 Å². The molecule has 0 radical (unpaired) electrons. The van der Waals surface area contributed by atoms with E-state index in [0.717, 1.165) is 25.8 Å². The van der Waals surface area contributed by atoms with Crippen LogP contribution < -0.4 is 10.2 Å². The Labute approximate surface area is 117 Å². The number of aromatic nitrogens is 1. The average molecular weight is 279 g/mol. The number of hydrogen-bond acceptors (Lipinski definition) is 4. The van der Waals surface area contributed by atoms with Crippen molar-refractivity contribution in [1.82, 2.24) is 10.3 Å². The van der Waals surface area contributed by atoms with Crippen LogP contribution in [0.3, 0.4) is 0 Å². The Hall–Kier alpha value is -1.80. The number of likely N-dealkylation sites (N-methyl/N-ethyl adjacent to an activating group) is 1. The Bertz CT molecular complexity index is 526. The van der Waals surface area contributed by atoms with E-state index in [1.54, 1.807) is 13.1 Å². The highest BCUT2D eigenvalue weighted by Gasteiger charge is 2.29. The van der Waals surface area contributed by atoms with Crippen LogP contribution in [0.15, 0.2) is 12.1 Å². The maximum absolute atomic E-state index is 11.9. The zero-order valence-electron chi connectivity index (χ0n) is 10.7. The van der Waals surface area contributed by atoms with E-state index in [1.807, 2.05) is 4.90 Å². The van der Waals surface area contributed by atoms with Crippen molar-refractivity contribution in [2.75, 3.05) is 18.5 Å². The highest BCUT2D eigenvalue weighted by Crippen LogP contribution is 2.25. The van der Waals surface area contributed by atoms with Gasteiger partial charge in [-0.3, -0.25) is 4.79 Å². The quantitative estimate of drug-likeness (QED) is 0.836. The van der Waals surface area contributed by atoms with E-state index in [2.05, 4.69) is 16.4 Å². The average Bonchev–Trinajstić information content (AvgIpc) is 2.45. The molecule has 19 heavy (non-hydrogen) atoms. The summed E-state index contributed by atoms with van der Waals surface area (Å²) < 4.78 is 0. The van der Waals surface area contributed by atoms with Gasteiger partial charge in [-0.2, -0.15) is 5.26 Å². The first-order chi connectivity index (χ1) is 9.15. The fraction of sp³-hybridized carbons (Fsp3) is 0.462. The molecule has 1 unspecified atom stereocenters. The number of amides is 1. The summed E-state index contributed by atoms with van der Waals surface area (Å²) in [5.74, 6) is 0.567. The van der Waals surface area contributed by atoms with Crippen molar-refractivity contribution in [2.24, 2.45) is 0 Å². The standard InChI is InChI=1S/C13H15ClN4O/c1-16-13(19)10-4-2-3-5-18(10)12-7-9(8-15)6-11(14)17-12/h6-7,10H,2-5H2,1H3,(H,16,19). The number of nitrogens with zero attached hydrogens (tertiary/aromatic N) is 3. The molecule has 1 aliphatic heterocycles. The molecule has 5 nitrogen and oxygen atoms in total. The monoisotopic (exact) mass is 278 g/mol. The predicted octanol–water partition coefficient (Wildman–Crippen LogP) is 1.71. The molecule has 1 fully saturated rings. The van der Waals surface area contributed by atoms with Gasteiger partial charge in [0, 0.05) is 13.6 Å². The number of anilines is 1. The van der Waals surface area contributed by atoms with Crippen molar-refractivity contribution < 1.29 is 4.79 Å². The predicted molar refractivity (Wildman–Crippen MR) is 73.0 cm³/mol. The van der Waals surface area contributed by atoms with E-state index in [0.29, 0.717) is 11.4 Å². The molecule has 0 aliphatic carbocycles. The Morgan fingerprint density at radius 3 is 3.05 bits per heavy atom. The first-order valence-corrected chi connectivity index (χ1v) is 6.59. The Balaban J connectivity index is 2.35. The number of rotatable bonds is 2. The molecule has 1 saturated heterocycles. The molecule has 1 aromatic heterocycles. The van der Waals surface area contributed by atoms with Crippen LogP contribution in [0.2, 0.25) is 5.15 Å². The van der Waals surface area contributed by atoms with Crippen LogP contribution in [0.4, 0.5) is 5.82 Å². The molecular weight excluding hydrogens is 264 g/mol. The summed E-state index contributed by atoms with van der Waals surface area (Å²) >= 11 is 5.92. The molecule has 0 aromatic carbocycles. The summed E-state index contributed by atoms with van der Waals surface area (Å²) in [6.07, 6.45) is 2.81.